The van der Waals surface area contributed by atoms with Crippen molar-refractivity contribution in [2.45, 2.75) is 19.5 Å². The molecule has 1 N–H and O–H groups in total. The molecule has 0 bridgehead atoms. The molecule has 0 aromatic heterocycles. The summed E-state index contributed by atoms with van der Waals surface area (Å²) in [5, 5.41) is 12.3. The monoisotopic (exact) mass is 266 g/mol. The number of hydrogen-bond acceptors (Lipinski definition) is 4. The van der Waals surface area contributed by atoms with Crippen LogP contribution in [0.3, 0.4) is 0 Å². The van der Waals surface area contributed by atoms with E-state index < -0.39 is 10.8 Å². The van der Waals surface area contributed by atoms with Gasteiger partial charge in [-0.2, -0.15) is 5.26 Å². The van der Waals surface area contributed by atoms with Crippen molar-refractivity contribution in [3.63, 3.8) is 0 Å². The van der Waals surface area contributed by atoms with Gasteiger partial charge in [0.1, 0.15) is 11.8 Å². The molecule has 0 spiro atoms. The third-order valence-corrected chi connectivity index (χ3v) is 3.49. The van der Waals surface area contributed by atoms with Crippen LogP contribution < -0.4 is 10.1 Å². The normalized spacial score (nSPS) is 13.7. The molecule has 98 valence electrons. The Hall–Kier alpha value is -1.38. The molecule has 5 heteroatoms. The van der Waals surface area contributed by atoms with Gasteiger partial charge in [-0.15, -0.1) is 0 Å². The van der Waals surface area contributed by atoms with Crippen LogP contribution in [0.2, 0.25) is 0 Å². The van der Waals surface area contributed by atoms with Gasteiger partial charge in [-0.3, -0.25) is 4.21 Å². The summed E-state index contributed by atoms with van der Waals surface area (Å²) in [5.41, 5.74) is 1.55. The number of benzene rings is 1. The summed E-state index contributed by atoms with van der Waals surface area (Å²) in [6, 6.07) is 7.80. The van der Waals surface area contributed by atoms with Crippen molar-refractivity contribution in [1.29, 1.82) is 5.26 Å². The molecular weight excluding hydrogens is 248 g/mol. The second-order valence-electron chi connectivity index (χ2n) is 4.17. The highest BCUT2D eigenvalue weighted by Crippen LogP contribution is 2.18. The zero-order chi connectivity index (χ0) is 13.5. The Morgan fingerprint density at radius 3 is 2.83 bits per heavy atom. The van der Waals surface area contributed by atoms with Gasteiger partial charge >= 0.3 is 0 Å². The fourth-order valence-corrected chi connectivity index (χ4v) is 2.48. The molecule has 0 saturated carbocycles. The van der Waals surface area contributed by atoms with Gasteiger partial charge in [0.15, 0.2) is 0 Å². The minimum absolute atomic E-state index is 0.184. The number of rotatable bonds is 6. The van der Waals surface area contributed by atoms with Crippen LogP contribution in [0.4, 0.5) is 0 Å². The Morgan fingerprint density at radius 2 is 2.28 bits per heavy atom. The van der Waals surface area contributed by atoms with E-state index in [-0.39, 0.29) is 6.04 Å². The molecule has 4 nitrogen and oxygen atoms in total. The molecule has 1 aromatic carbocycles. The van der Waals surface area contributed by atoms with Crippen LogP contribution >= 0.6 is 0 Å². The number of ether oxygens (including phenoxy) is 1. The Kier molecular flexibility index (Phi) is 5.83. The number of nitrogens with zero attached hydrogens (tertiary/aromatic N) is 1. The van der Waals surface area contributed by atoms with Crippen molar-refractivity contribution in [3.05, 3.63) is 29.3 Å². The molecule has 0 aliphatic carbocycles. The molecule has 0 fully saturated rings. The standard InChI is InChI=1S/C13H18N2O2S/c1-10(9-18(3)16)15-8-11-4-5-13(17-2)12(6-11)7-14/h4-6,10,15H,8-9H2,1-3H3. The lowest BCUT2D eigenvalue weighted by Gasteiger charge is -2.13. The Morgan fingerprint density at radius 1 is 1.56 bits per heavy atom. The van der Waals surface area contributed by atoms with Gasteiger partial charge in [0.2, 0.25) is 0 Å². The molecule has 0 heterocycles. The fraction of sp³-hybridized carbons (Fsp3) is 0.462. The summed E-state index contributed by atoms with van der Waals surface area (Å²) in [4.78, 5) is 0. The van der Waals surface area contributed by atoms with Gasteiger partial charge < -0.3 is 10.1 Å². The van der Waals surface area contributed by atoms with Crippen molar-refractivity contribution in [3.8, 4) is 11.8 Å². The van der Waals surface area contributed by atoms with Crippen molar-refractivity contribution < 1.29 is 8.95 Å². The van der Waals surface area contributed by atoms with E-state index in [1.807, 2.05) is 19.1 Å². The topological polar surface area (TPSA) is 62.1 Å². The van der Waals surface area contributed by atoms with E-state index in [2.05, 4.69) is 11.4 Å². The van der Waals surface area contributed by atoms with E-state index in [0.29, 0.717) is 23.6 Å². The van der Waals surface area contributed by atoms with Gasteiger partial charge in [-0.25, -0.2) is 0 Å². The molecule has 0 amide bonds. The van der Waals surface area contributed by atoms with E-state index in [1.165, 1.54) is 0 Å². The van der Waals surface area contributed by atoms with Crippen LogP contribution in [0.15, 0.2) is 18.2 Å². The molecule has 0 aliphatic rings. The van der Waals surface area contributed by atoms with E-state index in [4.69, 9.17) is 10.00 Å². The van der Waals surface area contributed by atoms with Crippen LogP contribution in [-0.2, 0) is 17.3 Å². The minimum atomic E-state index is -0.799. The SMILES string of the molecule is COc1ccc(CNC(C)CS(C)=O)cc1C#N. The van der Waals surface area contributed by atoms with Crippen molar-refractivity contribution >= 4 is 10.8 Å². The van der Waals surface area contributed by atoms with Gasteiger partial charge in [0.05, 0.1) is 12.7 Å². The molecule has 1 rings (SSSR count). The summed E-state index contributed by atoms with van der Waals surface area (Å²) in [5.74, 6) is 1.21. The maximum Gasteiger partial charge on any atom is 0.136 e. The third-order valence-electron chi connectivity index (χ3n) is 2.52. The van der Waals surface area contributed by atoms with Crippen molar-refractivity contribution in [2.75, 3.05) is 19.1 Å². The Balaban J connectivity index is 2.63. The highest BCUT2D eigenvalue weighted by atomic mass is 32.2. The van der Waals surface area contributed by atoms with Crippen LogP contribution in [0.1, 0.15) is 18.1 Å². The van der Waals surface area contributed by atoms with Gasteiger partial charge in [-0.1, -0.05) is 6.07 Å². The number of nitriles is 1. The molecule has 0 aliphatic heterocycles. The molecule has 2 unspecified atom stereocenters. The van der Waals surface area contributed by atoms with Crippen molar-refractivity contribution in [1.82, 2.24) is 5.32 Å². The maximum absolute atomic E-state index is 11.1. The first-order valence-corrected chi connectivity index (χ1v) is 7.40. The number of nitrogens with one attached hydrogen (secondary N) is 1. The zero-order valence-electron chi connectivity index (χ0n) is 10.9. The van der Waals surface area contributed by atoms with Crippen LogP contribution in [0.5, 0.6) is 5.75 Å². The summed E-state index contributed by atoms with van der Waals surface area (Å²) in [7, 11) is 0.749. The quantitative estimate of drug-likeness (QED) is 0.846. The van der Waals surface area contributed by atoms with Crippen LogP contribution in [0, 0.1) is 11.3 Å². The lowest BCUT2D eigenvalue weighted by Crippen LogP contribution is -2.30. The van der Waals surface area contributed by atoms with Crippen LogP contribution in [0.25, 0.3) is 0 Å². The zero-order valence-corrected chi connectivity index (χ0v) is 11.7. The second-order valence-corrected chi connectivity index (χ2v) is 5.65. The lowest BCUT2D eigenvalue weighted by atomic mass is 10.1. The Bertz CT molecular complexity index is 469. The molecule has 18 heavy (non-hydrogen) atoms. The molecule has 2 atom stereocenters. The first-order chi connectivity index (χ1) is 8.56. The van der Waals surface area contributed by atoms with E-state index in [1.54, 1.807) is 19.4 Å². The first-order valence-electron chi connectivity index (χ1n) is 5.67. The molecular formula is C13H18N2O2S. The summed E-state index contributed by atoms with van der Waals surface area (Å²) in [6.07, 6.45) is 1.69. The fourth-order valence-electron chi connectivity index (χ4n) is 1.66. The second kappa shape index (κ2) is 7.14. The predicted molar refractivity (Wildman–Crippen MR) is 72.9 cm³/mol. The third kappa shape index (κ3) is 4.47. The molecule has 0 radical (unpaired) electrons. The van der Waals surface area contributed by atoms with E-state index in [0.717, 1.165) is 5.56 Å². The lowest BCUT2D eigenvalue weighted by molar-refractivity contribution is 0.413. The average Bonchev–Trinajstić information content (AvgIpc) is 2.35. The summed E-state index contributed by atoms with van der Waals surface area (Å²) < 4.78 is 16.1. The highest BCUT2D eigenvalue weighted by Gasteiger charge is 2.06. The number of methoxy groups -OCH3 is 1. The molecule has 0 saturated heterocycles. The first kappa shape index (κ1) is 14.7. The summed E-state index contributed by atoms with van der Waals surface area (Å²) in [6.45, 7) is 2.65. The maximum atomic E-state index is 11.1. The molecule has 1 aromatic rings. The minimum Gasteiger partial charge on any atom is -0.495 e. The smallest absolute Gasteiger partial charge is 0.136 e. The Labute approximate surface area is 110 Å². The average molecular weight is 266 g/mol. The summed E-state index contributed by atoms with van der Waals surface area (Å²) >= 11 is 0. The number of hydrogen-bond donors (Lipinski definition) is 1. The van der Waals surface area contributed by atoms with Crippen LogP contribution in [-0.4, -0.2) is 29.4 Å². The van der Waals surface area contributed by atoms with Gasteiger partial charge in [0, 0.05) is 35.4 Å². The van der Waals surface area contributed by atoms with E-state index in [9.17, 15) is 4.21 Å². The van der Waals surface area contributed by atoms with E-state index >= 15 is 0 Å². The van der Waals surface area contributed by atoms with Gasteiger partial charge in [-0.05, 0) is 24.6 Å². The highest BCUT2D eigenvalue weighted by molar-refractivity contribution is 7.84. The van der Waals surface area contributed by atoms with Gasteiger partial charge in [0.25, 0.3) is 0 Å². The van der Waals surface area contributed by atoms with Crippen molar-refractivity contribution in [2.24, 2.45) is 0 Å². The largest absolute Gasteiger partial charge is 0.495 e. The predicted octanol–water partition coefficient (Wildman–Crippen LogP) is 1.42.